The number of halogens is 2. The largest absolute Gasteiger partial charge is 0.247 e. The maximum atomic E-state index is 5.80. The molecular weight excluding hydrogens is 282 g/mol. The van der Waals surface area contributed by atoms with E-state index in [0.29, 0.717) is 5.02 Å². The lowest BCUT2D eigenvalue weighted by molar-refractivity contribution is 0.632. The van der Waals surface area contributed by atoms with Gasteiger partial charge >= 0.3 is 0 Å². The number of pyridine rings is 1. The van der Waals surface area contributed by atoms with Crippen molar-refractivity contribution in [3.05, 3.63) is 21.8 Å². The van der Waals surface area contributed by atoms with Gasteiger partial charge in [-0.1, -0.05) is 25.4 Å². The Morgan fingerprint density at radius 2 is 2.29 bits per heavy atom. The van der Waals surface area contributed by atoms with E-state index in [2.05, 4.69) is 34.8 Å². The molecule has 0 amide bonds. The van der Waals surface area contributed by atoms with Crippen molar-refractivity contribution in [2.75, 3.05) is 5.75 Å². The van der Waals surface area contributed by atoms with E-state index < -0.39 is 0 Å². The number of hydrogen-bond donors (Lipinski definition) is 0. The number of rotatable bonds is 4. The summed E-state index contributed by atoms with van der Waals surface area (Å²) in [6.45, 7) is 4.45. The summed E-state index contributed by atoms with van der Waals surface area (Å²) >= 11 is 11.0. The molecule has 1 heterocycles. The summed E-state index contributed by atoms with van der Waals surface area (Å²) in [5, 5.41) is 1.69. The van der Waals surface area contributed by atoms with Crippen LogP contribution in [0.2, 0.25) is 5.02 Å². The predicted molar refractivity (Wildman–Crippen MR) is 67.1 cm³/mol. The van der Waals surface area contributed by atoms with Gasteiger partial charge in [-0.25, -0.2) is 4.98 Å². The SMILES string of the molecule is CC(C)CCSc1ncc(Cl)cc1Br. The first-order valence-corrected chi connectivity index (χ1v) is 6.69. The van der Waals surface area contributed by atoms with E-state index in [1.807, 2.05) is 6.07 Å². The van der Waals surface area contributed by atoms with Crippen molar-refractivity contribution in [2.45, 2.75) is 25.3 Å². The van der Waals surface area contributed by atoms with Gasteiger partial charge in [-0.05, 0) is 40.1 Å². The number of aromatic nitrogens is 1. The number of nitrogens with zero attached hydrogens (tertiary/aromatic N) is 1. The van der Waals surface area contributed by atoms with E-state index in [0.717, 1.165) is 21.2 Å². The smallest absolute Gasteiger partial charge is 0.110 e. The van der Waals surface area contributed by atoms with Gasteiger partial charge in [-0.2, -0.15) is 0 Å². The van der Waals surface area contributed by atoms with E-state index in [9.17, 15) is 0 Å². The molecule has 0 aliphatic heterocycles. The van der Waals surface area contributed by atoms with Crippen LogP contribution in [0.1, 0.15) is 20.3 Å². The fourth-order valence-corrected chi connectivity index (χ4v) is 2.99. The van der Waals surface area contributed by atoms with Gasteiger partial charge in [-0.15, -0.1) is 11.8 Å². The predicted octanol–water partition coefficient (Wildman–Crippen LogP) is 4.64. The molecule has 0 spiro atoms. The van der Waals surface area contributed by atoms with Crippen molar-refractivity contribution in [2.24, 2.45) is 5.92 Å². The number of hydrogen-bond acceptors (Lipinski definition) is 2. The third-order valence-electron chi connectivity index (χ3n) is 1.71. The summed E-state index contributed by atoms with van der Waals surface area (Å²) in [6.07, 6.45) is 2.89. The van der Waals surface area contributed by atoms with Crippen LogP contribution in [-0.4, -0.2) is 10.7 Å². The topological polar surface area (TPSA) is 12.9 Å². The zero-order chi connectivity index (χ0) is 10.6. The molecular formula is C10H13BrClNS. The van der Waals surface area contributed by atoms with E-state index in [-0.39, 0.29) is 0 Å². The maximum absolute atomic E-state index is 5.80. The molecule has 0 unspecified atom stereocenters. The van der Waals surface area contributed by atoms with Gasteiger partial charge in [0.25, 0.3) is 0 Å². The van der Waals surface area contributed by atoms with Gasteiger partial charge in [0.1, 0.15) is 5.03 Å². The molecule has 1 rings (SSSR count). The summed E-state index contributed by atoms with van der Waals surface area (Å²) in [7, 11) is 0. The van der Waals surface area contributed by atoms with Crippen molar-refractivity contribution in [3.63, 3.8) is 0 Å². The molecule has 0 radical (unpaired) electrons. The lowest BCUT2D eigenvalue weighted by atomic mass is 10.2. The second kappa shape index (κ2) is 5.99. The van der Waals surface area contributed by atoms with Crippen molar-refractivity contribution in [1.29, 1.82) is 0 Å². The average Bonchev–Trinajstić information content (AvgIpc) is 2.08. The summed E-state index contributed by atoms with van der Waals surface area (Å²) in [5.41, 5.74) is 0. The van der Waals surface area contributed by atoms with Crippen LogP contribution in [0.25, 0.3) is 0 Å². The van der Waals surface area contributed by atoms with Gasteiger partial charge in [0.2, 0.25) is 0 Å². The molecule has 0 aliphatic rings. The van der Waals surface area contributed by atoms with Crippen LogP contribution in [0.4, 0.5) is 0 Å². The zero-order valence-electron chi connectivity index (χ0n) is 8.26. The summed E-state index contributed by atoms with van der Waals surface area (Å²) in [5.74, 6) is 1.85. The molecule has 4 heteroatoms. The Kier molecular flexibility index (Phi) is 5.28. The Labute approximate surface area is 103 Å². The van der Waals surface area contributed by atoms with E-state index in [1.54, 1.807) is 18.0 Å². The second-order valence-electron chi connectivity index (χ2n) is 3.47. The summed E-state index contributed by atoms with van der Waals surface area (Å²) in [4.78, 5) is 4.26. The molecule has 0 atom stereocenters. The normalized spacial score (nSPS) is 10.9. The fourth-order valence-electron chi connectivity index (χ4n) is 0.900. The molecule has 78 valence electrons. The van der Waals surface area contributed by atoms with Crippen LogP contribution < -0.4 is 0 Å². The first-order valence-electron chi connectivity index (χ1n) is 4.53. The zero-order valence-corrected chi connectivity index (χ0v) is 11.4. The monoisotopic (exact) mass is 293 g/mol. The van der Waals surface area contributed by atoms with Crippen LogP contribution in [0.3, 0.4) is 0 Å². The molecule has 0 fully saturated rings. The van der Waals surface area contributed by atoms with Gasteiger partial charge < -0.3 is 0 Å². The molecule has 0 saturated carbocycles. The summed E-state index contributed by atoms with van der Waals surface area (Å²) < 4.78 is 0.985. The molecule has 1 aromatic rings. The van der Waals surface area contributed by atoms with Crippen molar-refractivity contribution < 1.29 is 0 Å². The van der Waals surface area contributed by atoms with Crippen LogP contribution in [0, 0.1) is 5.92 Å². The van der Waals surface area contributed by atoms with E-state index >= 15 is 0 Å². The van der Waals surface area contributed by atoms with Crippen molar-refractivity contribution >= 4 is 39.3 Å². The van der Waals surface area contributed by atoms with Crippen LogP contribution in [0.5, 0.6) is 0 Å². The van der Waals surface area contributed by atoms with Gasteiger partial charge in [0.05, 0.1) is 9.50 Å². The second-order valence-corrected chi connectivity index (χ2v) is 5.85. The minimum Gasteiger partial charge on any atom is -0.247 e. The van der Waals surface area contributed by atoms with Crippen molar-refractivity contribution in [3.8, 4) is 0 Å². The Bertz CT molecular complexity index is 304. The van der Waals surface area contributed by atoms with E-state index in [4.69, 9.17) is 11.6 Å². The molecule has 0 aliphatic carbocycles. The lowest BCUT2D eigenvalue weighted by Crippen LogP contribution is -1.90. The van der Waals surface area contributed by atoms with Crippen LogP contribution in [-0.2, 0) is 0 Å². The highest BCUT2D eigenvalue weighted by molar-refractivity contribution is 9.10. The Hall–Kier alpha value is 0.270. The van der Waals surface area contributed by atoms with Crippen LogP contribution in [0.15, 0.2) is 21.8 Å². The maximum Gasteiger partial charge on any atom is 0.110 e. The molecule has 0 aromatic carbocycles. The Morgan fingerprint density at radius 1 is 1.57 bits per heavy atom. The molecule has 1 aromatic heterocycles. The third-order valence-corrected chi connectivity index (χ3v) is 3.82. The highest BCUT2D eigenvalue weighted by Crippen LogP contribution is 2.28. The van der Waals surface area contributed by atoms with Gasteiger partial charge in [0.15, 0.2) is 0 Å². The van der Waals surface area contributed by atoms with Gasteiger partial charge in [-0.3, -0.25) is 0 Å². The highest BCUT2D eigenvalue weighted by Gasteiger charge is 2.03. The quantitative estimate of drug-likeness (QED) is 0.751. The molecule has 14 heavy (non-hydrogen) atoms. The molecule has 0 bridgehead atoms. The Morgan fingerprint density at radius 3 is 2.86 bits per heavy atom. The van der Waals surface area contributed by atoms with Crippen molar-refractivity contribution in [1.82, 2.24) is 4.98 Å². The van der Waals surface area contributed by atoms with Gasteiger partial charge in [0, 0.05) is 6.20 Å². The fraction of sp³-hybridized carbons (Fsp3) is 0.500. The third kappa shape index (κ3) is 4.20. The Balaban J connectivity index is 2.51. The first-order chi connectivity index (χ1) is 6.59. The van der Waals surface area contributed by atoms with E-state index in [1.165, 1.54) is 6.42 Å². The minimum atomic E-state index is 0.671. The average molecular weight is 295 g/mol. The highest BCUT2D eigenvalue weighted by atomic mass is 79.9. The molecule has 1 nitrogen and oxygen atoms in total. The first kappa shape index (κ1) is 12.3. The standard InChI is InChI=1S/C10H13BrClNS/c1-7(2)3-4-14-10-9(11)5-8(12)6-13-10/h5-7H,3-4H2,1-2H3. The summed E-state index contributed by atoms with van der Waals surface area (Å²) in [6, 6.07) is 1.88. The molecule has 0 N–H and O–H groups in total. The number of thioether (sulfide) groups is 1. The lowest BCUT2D eigenvalue weighted by Gasteiger charge is -2.05. The van der Waals surface area contributed by atoms with Crippen LogP contribution >= 0.6 is 39.3 Å². The minimum absolute atomic E-state index is 0.671. The molecule has 0 saturated heterocycles.